The van der Waals surface area contributed by atoms with Crippen LogP contribution in [0.5, 0.6) is 0 Å². The highest BCUT2D eigenvalue weighted by molar-refractivity contribution is 6.39. The zero-order valence-electron chi connectivity index (χ0n) is 15.5. The smallest absolute Gasteiger partial charge is 0.313 e. The van der Waals surface area contributed by atoms with Crippen molar-refractivity contribution in [3.05, 3.63) is 65.2 Å². The van der Waals surface area contributed by atoms with Crippen LogP contribution in [-0.2, 0) is 16.0 Å². The van der Waals surface area contributed by atoms with Gasteiger partial charge in [-0.25, -0.2) is 0 Å². The molecule has 0 saturated carbocycles. The number of likely N-dealkylation sites (tertiary alicyclic amines) is 1. The Bertz CT molecular complexity index is 778. The second kappa shape index (κ2) is 8.17. The molecule has 1 fully saturated rings. The maximum atomic E-state index is 12.5. The van der Waals surface area contributed by atoms with Gasteiger partial charge in [-0.1, -0.05) is 42.5 Å². The number of nitrogens with one attached hydrogen (secondary N) is 1. The summed E-state index contributed by atoms with van der Waals surface area (Å²) in [5, 5.41) is 2.77. The predicted octanol–water partition coefficient (Wildman–Crippen LogP) is 3.72. The van der Waals surface area contributed by atoms with E-state index in [1.54, 1.807) is 4.90 Å². The van der Waals surface area contributed by atoms with Crippen LogP contribution in [0.2, 0.25) is 0 Å². The molecule has 1 saturated heterocycles. The Hall–Kier alpha value is -2.62. The van der Waals surface area contributed by atoms with Crippen LogP contribution in [0.3, 0.4) is 0 Å². The number of piperidine rings is 1. The van der Waals surface area contributed by atoms with Gasteiger partial charge in [-0.15, -0.1) is 0 Å². The first-order valence-corrected chi connectivity index (χ1v) is 9.25. The van der Waals surface area contributed by atoms with Crippen LogP contribution in [0.15, 0.2) is 48.5 Å². The Morgan fingerprint density at radius 3 is 2.38 bits per heavy atom. The lowest BCUT2D eigenvalue weighted by molar-refractivity contribution is -0.144. The lowest BCUT2D eigenvalue weighted by Crippen LogP contribution is -2.44. The van der Waals surface area contributed by atoms with Gasteiger partial charge in [-0.05, 0) is 61.8 Å². The zero-order chi connectivity index (χ0) is 18.5. The largest absolute Gasteiger partial charge is 0.334 e. The number of carbonyl (C=O) groups is 2. The van der Waals surface area contributed by atoms with Gasteiger partial charge in [-0.2, -0.15) is 0 Å². The normalized spacial score (nSPS) is 14.9. The molecule has 0 radical (unpaired) electrons. The van der Waals surface area contributed by atoms with Crippen molar-refractivity contribution < 1.29 is 9.59 Å². The molecule has 26 heavy (non-hydrogen) atoms. The molecule has 136 valence electrons. The molecule has 0 unspecified atom stereocenters. The number of carbonyl (C=O) groups excluding carboxylic acids is 2. The van der Waals surface area contributed by atoms with E-state index in [4.69, 9.17) is 0 Å². The molecule has 1 aliphatic rings. The van der Waals surface area contributed by atoms with E-state index in [1.165, 1.54) is 5.56 Å². The standard InChI is InChI=1S/C22H26N2O2/c1-16-7-6-10-20(17(16)2)23-21(25)22(26)24-13-11-19(12-14-24)15-18-8-4-3-5-9-18/h3-10,19H,11-15H2,1-2H3,(H,23,25). The van der Waals surface area contributed by atoms with E-state index in [-0.39, 0.29) is 0 Å². The summed E-state index contributed by atoms with van der Waals surface area (Å²) in [7, 11) is 0. The molecule has 0 bridgehead atoms. The fraction of sp³-hybridized carbons (Fsp3) is 0.364. The van der Waals surface area contributed by atoms with Crippen molar-refractivity contribution in [2.75, 3.05) is 18.4 Å². The van der Waals surface area contributed by atoms with Crippen molar-refractivity contribution in [1.82, 2.24) is 4.90 Å². The van der Waals surface area contributed by atoms with Gasteiger partial charge in [0, 0.05) is 18.8 Å². The van der Waals surface area contributed by atoms with Gasteiger partial charge in [0.1, 0.15) is 0 Å². The third-order valence-electron chi connectivity index (χ3n) is 5.32. The third-order valence-corrected chi connectivity index (χ3v) is 5.32. The fourth-order valence-electron chi connectivity index (χ4n) is 3.49. The molecule has 2 aromatic carbocycles. The van der Waals surface area contributed by atoms with Crippen molar-refractivity contribution >= 4 is 17.5 Å². The van der Waals surface area contributed by atoms with Gasteiger partial charge in [-0.3, -0.25) is 9.59 Å². The van der Waals surface area contributed by atoms with Crippen LogP contribution in [-0.4, -0.2) is 29.8 Å². The van der Waals surface area contributed by atoms with Crippen LogP contribution in [0, 0.1) is 19.8 Å². The van der Waals surface area contributed by atoms with E-state index < -0.39 is 11.8 Å². The number of hydrogen-bond donors (Lipinski definition) is 1. The van der Waals surface area contributed by atoms with Crippen LogP contribution in [0.1, 0.15) is 29.5 Å². The molecule has 1 heterocycles. The molecular formula is C22H26N2O2. The number of hydrogen-bond acceptors (Lipinski definition) is 2. The third kappa shape index (κ3) is 4.31. The number of amides is 2. The first-order chi connectivity index (χ1) is 12.5. The van der Waals surface area contributed by atoms with Gasteiger partial charge >= 0.3 is 11.8 Å². The van der Waals surface area contributed by atoms with Gasteiger partial charge in [0.05, 0.1) is 0 Å². The van der Waals surface area contributed by atoms with E-state index in [2.05, 4.69) is 29.6 Å². The van der Waals surface area contributed by atoms with Gasteiger partial charge in [0.25, 0.3) is 0 Å². The van der Waals surface area contributed by atoms with E-state index in [0.717, 1.165) is 30.4 Å². The van der Waals surface area contributed by atoms with Crippen molar-refractivity contribution in [3.63, 3.8) is 0 Å². The summed E-state index contributed by atoms with van der Waals surface area (Å²) in [6, 6.07) is 16.2. The Morgan fingerprint density at radius 2 is 1.69 bits per heavy atom. The molecule has 0 aliphatic carbocycles. The highest BCUT2D eigenvalue weighted by Gasteiger charge is 2.27. The predicted molar refractivity (Wildman–Crippen MR) is 104 cm³/mol. The lowest BCUT2D eigenvalue weighted by atomic mass is 9.90. The Morgan fingerprint density at radius 1 is 1.00 bits per heavy atom. The lowest BCUT2D eigenvalue weighted by Gasteiger charge is -2.31. The Kier molecular flexibility index (Phi) is 5.71. The number of rotatable bonds is 3. The topological polar surface area (TPSA) is 49.4 Å². The van der Waals surface area contributed by atoms with Crippen molar-refractivity contribution in [2.45, 2.75) is 33.1 Å². The molecule has 4 nitrogen and oxygen atoms in total. The molecule has 0 spiro atoms. The number of aryl methyl sites for hydroxylation is 1. The summed E-state index contributed by atoms with van der Waals surface area (Å²) >= 11 is 0. The fourth-order valence-corrected chi connectivity index (χ4v) is 3.49. The molecule has 4 heteroatoms. The van der Waals surface area contributed by atoms with E-state index in [0.29, 0.717) is 24.7 Å². The molecule has 1 aliphatic heterocycles. The zero-order valence-corrected chi connectivity index (χ0v) is 15.5. The summed E-state index contributed by atoms with van der Waals surface area (Å²) in [5.74, 6) is -0.396. The average molecular weight is 350 g/mol. The van der Waals surface area contributed by atoms with Gasteiger partial charge in [0.15, 0.2) is 0 Å². The van der Waals surface area contributed by atoms with Crippen molar-refractivity contribution in [3.8, 4) is 0 Å². The van der Waals surface area contributed by atoms with Gasteiger partial charge < -0.3 is 10.2 Å². The Balaban J connectivity index is 1.53. The van der Waals surface area contributed by atoms with E-state index in [9.17, 15) is 9.59 Å². The Labute approximate surface area is 155 Å². The highest BCUT2D eigenvalue weighted by Crippen LogP contribution is 2.22. The molecule has 2 aromatic rings. The van der Waals surface area contributed by atoms with Gasteiger partial charge in [0.2, 0.25) is 0 Å². The van der Waals surface area contributed by atoms with Crippen LogP contribution in [0.25, 0.3) is 0 Å². The molecule has 3 rings (SSSR count). The quantitative estimate of drug-likeness (QED) is 0.858. The van der Waals surface area contributed by atoms with E-state index >= 15 is 0 Å². The van der Waals surface area contributed by atoms with Crippen molar-refractivity contribution in [1.29, 1.82) is 0 Å². The maximum Gasteiger partial charge on any atom is 0.313 e. The molecule has 0 aromatic heterocycles. The highest BCUT2D eigenvalue weighted by atomic mass is 16.2. The second-order valence-electron chi connectivity index (χ2n) is 7.13. The molecule has 2 amide bonds. The monoisotopic (exact) mass is 350 g/mol. The number of anilines is 1. The second-order valence-corrected chi connectivity index (χ2v) is 7.13. The molecule has 1 N–H and O–H groups in total. The van der Waals surface area contributed by atoms with Crippen LogP contribution < -0.4 is 5.32 Å². The summed E-state index contributed by atoms with van der Waals surface area (Å²) in [5.41, 5.74) is 4.14. The summed E-state index contributed by atoms with van der Waals surface area (Å²) in [6.07, 6.45) is 2.92. The van der Waals surface area contributed by atoms with E-state index in [1.807, 2.05) is 38.1 Å². The average Bonchev–Trinajstić information content (AvgIpc) is 2.66. The summed E-state index contributed by atoms with van der Waals surface area (Å²) in [4.78, 5) is 26.5. The maximum absolute atomic E-state index is 12.5. The first-order valence-electron chi connectivity index (χ1n) is 9.25. The minimum Gasteiger partial charge on any atom is -0.334 e. The minimum absolute atomic E-state index is 0.427. The first kappa shape index (κ1) is 18.2. The number of nitrogens with zero attached hydrogens (tertiary/aromatic N) is 1. The van der Waals surface area contributed by atoms with Crippen molar-refractivity contribution in [2.24, 2.45) is 5.92 Å². The van der Waals surface area contributed by atoms with Crippen LogP contribution in [0.4, 0.5) is 5.69 Å². The SMILES string of the molecule is Cc1cccc(NC(=O)C(=O)N2CCC(Cc3ccccc3)CC2)c1C. The minimum atomic E-state index is -0.541. The van der Waals surface area contributed by atoms with Crippen LogP contribution >= 0.6 is 0 Å². The molecule has 0 atom stereocenters. The summed E-state index contributed by atoms with van der Waals surface area (Å²) < 4.78 is 0. The molecular weight excluding hydrogens is 324 g/mol. The summed E-state index contributed by atoms with van der Waals surface area (Å²) in [6.45, 7) is 5.24. The number of benzene rings is 2.